The van der Waals surface area contributed by atoms with Crippen molar-refractivity contribution < 1.29 is 18.7 Å². The first kappa shape index (κ1) is 21.0. The molecule has 1 spiro atoms. The van der Waals surface area contributed by atoms with Crippen molar-refractivity contribution in [1.82, 2.24) is 19.5 Å². The Kier molecular flexibility index (Phi) is 5.02. The summed E-state index contributed by atoms with van der Waals surface area (Å²) in [6, 6.07) is 9.78. The molecular formula is C24H27FN4O3. The smallest absolute Gasteiger partial charge is 0.272 e. The Labute approximate surface area is 186 Å². The fourth-order valence-corrected chi connectivity index (χ4v) is 4.26. The molecule has 0 radical (unpaired) electrons. The number of hydrogen-bond acceptors (Lipinski definition) is 5. The number of amides is 1. The second-order valence-electron chi connectivity index (χ2n) is 9.48. The molecule has 168 valence electrons. The number of rotatable bonds is 2. The van der Waals surface area contributed by atoms with Gasteiger partial charge in [0.25, 0.3) is 5.91 Å². The first-order valence-corrected chi connectivity index (χ1v) is 11.0. The number of ether oxygens (including phenoxy) is 2. The van der Waals surface area contributed by atoms with E-state index in [2.05, 4.69) is 20.8 Å². The summed E-state index contributed by atoms with van der Waals surface area (Å²) >= 11 is 0. The molecule has 0 unspecified atom stereocenters. The predicted molar refractivity (Wildman–Crippen MR) is 117 cm³/mol. The minimum atomic E-state index is -0.547. The highest BCUT2D eigenvalue weighted by Crippen LogP contribution is 2.32. The Morgan fingerprint density at radius 1 is 1.06 bits per heavy atom. The lowest BCUT2D eigenvalue weighted by Gasteiger charge is -2.37. The molecule has 0 atom stereocenters. The number of carbonyl (C=O) groups is 1. The molecule has 1 aromatic carbocycles. The van der Waals surface area contributed by atoms with Crippen molar-refractivity contribution in [2.45, 2.75) is 44.8 Å². The van der Waals surface area contributed by atoms with Gasteiger partial charge in [-0.2, -0.15) is 5.10 Å². The van der Waals surface area contributed by atoms with Crippen LogP contribution in [0, 0.1) is 5.82 Å². The maximum Gasteiger partial charge on any atom is 0.272 e. The molecule has 8 heteroatoms. The van der Waals surface area contributed by atoms with Gasteiger partial charge in [0.1, 0.15) is 11.5 Å². The average Bonchev–Trinajstić information content (AvgIpc) is 3.41. The largest absolute Gasteiger partial charge is 0.347 e. The molecule has 5 rings (SSSR count). The number of nitrogens with zero attached hydrogens (tertiary/aromatic N) is 4. The van der Waals surface area contributed by atoms with Crippen molar-refractivity contribution in [1.29, 1.82) is 0 Å². The molecule has 0 saturated carbocycles. The Balaban J connectivity index is 1.54. The molecule has 2 saturated heterocycles. The summed E-state index contributed by atoms with van der Waals surface area (Å²) in [5, 5.41) is 4.72. The summed E-state index contributed by atoms with van der Waals surface area (Å²) in [6.07, 6.45) is 1.29. The quantitative estimate of drug-likeness (QED) is 0.609. The van der Waals surface area contributed by atoms with Gasteiger partial charge in [-0.15, -0.1) is 0 Å². The molecule has 3 aromatic rings. The van der Waals surface area contributed by atoms with E-state index in [0.717, 1.165) is 11.3 Å². The van der Waals surface area contributed by atoms with Crippen LogP contribution in [0.1, 0.15) is 49.8 Å². The van der Waals surface area contributed by atoms with Crippen LogP contribution in [0.5, 0.6) is 0 Å². The zero-order valence-electron chi connectivity index (χ0n) is 18.6. The van der Waals surface area contributed by atoms with Crippen LogP contribution in [0.3, 0.4) is 0 Å². The van der Waals surface area contributed by atoms with Crippen molar-refractivity contribution >= 4 is 11.6 Å². The van der Waals surface area contributed by atoms with Crippen LogP contribution in [0.25, 0.3) is 16.9 Å². The fourth-order valence-electron chi connectivity index (χ4n) is 4.26. The number of aromatic nitrogens is 3. The molecule has 4 heterocycles. The molecule has 1 amide bonds. The van der Waals surface area contributed by atoms with E-state index in [-0.39, 0.29) is 17.1 Å². The number of piperidine rings is 1. The van der Waals surface area contributed by atoms with Gasteiger partial charge in [-0.1, -0.05) is 20.8 Å². The molecule has 2 fully saturated rings. The van der Waals surface area contributed by atoms with Gasteiger partial charge in [0.05, 0.1) is 24.6 Å². The number of hydrogen-bond donors (Lipinski definition) is 0. The van der Waals surface area contributed by atoms with Crippen molar-refractivity contribution in [3.8, 4) is 11.3 Å². The second-order valence-corrected chi connectivity index (χ2v) is 9.48. The normalized spacial score (nSPS) is 18.6. The van der Waals surface area contributed by atoms with Gasteiger partial charge >= 0.3 is 0 Å². The summed E-state index contributed by atoms with van der Waals surface area (Å²) in [5.74, 6) is -0.976. The lowest BCUT2D eigenvalue weighted by Crippen LogP contribution is -2.47. The number of benzene rings is 1. The highest BCUT2D eigenvalue weighted by atomic mass is 19.1. The van der Waals surface area contributed by atoms with E-state index in [9.17, 15) is 9.18 Å². The summed E-state index contributed by atoms with van der Waals surface area (Å²) < 4.78 is 26.7. The standard InChI is InChI=1S/C24H27FN4O3/c1-23(2,3)20-15-21-26-18(16-4-6-17(25)7-5-16)14-19(29(21)27-20)22(30)28-10-8-24(9-11-28)31-12-13-32-24/h4-7,14-15H,8-13H2,1-3H3. The van der Waals surface area contributed by atoms with Crippen LogP contribution in [-0.4, -0.2) is 57.5 Å². The average molecular weight is 439 g/mol. The number of halogens is 1. The highest BCUT2D eigenvalue weighted by molar-refractivity contribution is 5.94. The Morgan fingerprint density at radius 3 is 2.34 bits per heavy atom. The Bertz CT molecular complexity index is 1150. The Morgan fingerprint density at radius 2 is 1.72 bits per heavy atom. The van der Waals surface area contributed by atoms with Gasteiger partial charge in [-0.05, 0) is 30.3 Å². The van der Waals surface area contributed by atoms with Crippen LogP contribution in [0.15, 0.2) is 36.4 Å². The first-order valence-electron chi connectivity index (χ1n) is 11.0. The molecule has 32 heavy (non-hydrogen) atoms. The molecule has 2 aliphatic rings. The summed E-state index contributed by atoms with van der Waals surface area (Å²) in [7, 11) is 0. The molecule has 7 nitrogen and oxygen atoms in total. The number of fused-ring (bicyclic) bond motifs is 1. The van der Waals surface area contributed by atoms with Crippen LogP contribution in [0.2, 0.25) is 0 Å². The van der Waals surface area contributed by atoms with Crippen molar-refractivity contribution in [2.24, 2.45) is 0 Å². The van der Waals surface area contributed by atoms with E-state index in [1.807, 2.05) is 11.0 Å². The molecule has 2 aliphatic heterocycles. The summed E-state index contributed by atoms with van der Waals surface area (Å²) in [5.41, 5.74) is 3.04. The highest BCUT2D eigenvalue weighted by Gasteiger charge is 2.41. The topological polar surface area (TPSA) is 69.0 Å². The minimum absolute atomic E-state index is 0.114. The van der Waals surface area contributed by atoms with Gasteiger partial charge in [0, 0.05) is 43.0 Å². The lowest BCUT2D eigenvalue weighted by atomic mass is 9.93. The van der Waals surface area contributed by atoms with Gasteiger partial charge < -0.3 is 14.4 Å². The fraction of sp³-hybridized carbons (Fsp3) is 0.458. The van der Waals surface area contributed by atoms with Crippen molar-refractivity contribution in [3.05, 3.63) is 53.6 Å². The van der Waals surface area contributed by atoms with Crippen LogP contribution < -0.4 is 0 Å². The third kappa shape index (κ3) is 3.78. The van der Waals surface area contributed by atoms with Gasteiger partial charge in [0.15, 0.2) is 11.4 Å². The maximum absolute atomic E-state index is 13.6. The van der Waals surface area contributed by atoms with E-state index < -0.39 is 5.79 Å². The van der Waals surface area contributed by atoms with Crippen LogP contribution in [-0.2, 0) is 14.9 Å². The number of likely N-dealkylation sites (tertiary alicyclic amines) is 1. The molecule has 0 N–H and O–H groups in total. The van der Waals surface area contributed by atoms with E-state index in [1.165, 1.54) is 12.1 Å². The first-order chi connectivity index (χ1) is 15.2. The Hall–Kier alpha value is -2.84. The monoisotopic (exact) mass is 438 g/mol. The SMILES string of the molecule is CC(C)(C)c1cc2nc(-c3ccc(F)cc3)cc(C(=O)N3CCC4(CC3)OCCO4)n2n1. The lowest BCUT2D eigenvalue weighted by molar-refractivity contribution is -0.181. The maximum atomic E-state index is 13.6. The van der Waals surface area contributed by atoms with Gasteiger partial charge in [-0.3, -0.25) is 4.79 Å². The molecular weight excluding hydrogens is 411 g/mol. The second kappa shape index (κ2) is 7.64. The summed E-state index contributed by atoms with van der Waals surface area (Å²) in [4.78, 5) is 20.1. The van der Waals surface area contributed by atoms with Crippen molar-refractivity contribution in [2.75, 3.05) is 26.3 Å². The predicted octanol–water partition coefficient (Wildman–Crippen LogP) is 3.81. The van der Waals surface area contributed by atoms with E-state index >= 15 is 0 Å². The van der Waals surface area contributed by atoms with E-state index in [0.29, 0.717) is 56.2 Å². The third-order valence-corrected chi connectivity index (χ3v) is 6.18. The van der Waals surface area contributed by atoms with Crippen LogP contribution >= 0.6 is 0 Å². The van der Waals surface area contributed by atoms with Crippen molar-refractivity contribution in [3.63, 3.8) is 0 Å². The number of carbonyl (C=O) groups excluding carboxylic acids is 1. The summed E-state index contributed by atoms with van der Waals surface area (Å²) in [6.45, 7) is 8.50. The third-order valence-electron chi connectivity index (χ3n) is 6.18. The van der Waals surface area contributed by atoms with Crippen LogP contribution in [0.4, 0.5) is 4.39 Å². The van der Waals surface area contributed by atoms with E-state index in [1.54, 1.807) is 22.7 Å². The van der Waals surface area contributed by atoms with Gasteiger partial charge in [-0.25, -0.2) is 13.9 Å². The molecule has 2 aromatic heterocycles. The van der Waals surface area contributed by atoms with E-state index in [4.69, 9.17) is 19.6 Å². The minimum Gasteiger partial charge on any atom is -0.347 e. The zero-order chi connectivity index (χ0) is 22.5. The zero-order valence-corrected chi connectivity index (χ0v) is 18.6. The molecule has 0 aliphatic carbocycles. The van der Waals surface area contributed by atoms with Gasteiger partial charge in [0.2, 0.25) is 0 Å². The molecule has 0 bridgehead atoms.